The molecule has 7 heteroatoms. The van der Waals surface area contributed by atoms with Crippen LogP contribution >= 0.6 is 0 Å². The predicted octanol–water partition coefficient (Wildman–Crippen LogP) is 3.87. The predicted molar refractivity (Wildman–Crippen MR) is 118 cm³/mol. The maximum Gasteiger partial charge on any atom is 0.249 e. The summed E-state index contributed by atoms with van der Waals surface area (Å²) in [5, 5.41) is 3.08. The van der Waals surface area contributed by atoms with E-state index in [0.29, 0.717) is 13.2 Å². The Hall–Kier alpha value is -3.06. The molecule has 2 heterocycles. The minimum Gasteiger partial charge on any atom is -0.493 e. The van der Waals surface area contributed by atoms with Crippen LogP contribution in [0.5, 0.6) is 11.5 Å². The molecule has 164 valence electrons. The number of benzene rings is 2. The van der Waals surface area contributed by atoms with Crippen molar-refractivity contribution in [3.63, 3.8) is 0 Å². The van der Waals surface area contributed by atoms with Crippen molar-refractivity contribution in [1.29, 1.82) is 0 Å². The molecule has 1 aromatic heterocycles. The van der Waals surface area contributed by atoms with E-state index in [0.717, 1.165) is 54.2 Å². The van der Waals surface area contributed by atoms with Crippen LogP contribution in [-0.2, 0) is 16.1 Å². The number of para-hydroxylation sites is 4. The first kappa shape index (κ1) is 21.2. The number of hydrogen-bond donors (Lipinski definition) is 1. The van der Waals surface area contributed by atoms with Gasteiger partial charge in [0.2, 0.25) is 5.91 Å². The molecule has 2 aromatic carbocycles. The molecule has 1 amide bonds. The molecule has 2 unspecified atom stereocenters. The summed E-state index contributed by atoms with van der Waals surface area (Å²) >= 11 is 0. The second-order valence-corrected chi connectivity index (χ2v) is 7.70. The fourth-order valence-corrected chi connectivity index (χ4v) is 3.96. The van der Waals surface area contributed by atoms with Crippen LogP contribution in [0.3, 0.4) is 0 Å². The number of nitrogens with zero attached hydrogens (tertiary/aromatic N) is 2. The van der Waals surface area contributed by atoms with E-state index in [1.165, 1.54) is 0 Å². The van der Waals surface area contributed by atoms with E-state index in [9.17, 15) is 4.79 Å². The molecule has 31 heavy (non-hydrogen) atoms. The smallest absolute Gasteiger partial charge is 0.249 e. The molecule has 0 aliphatic carbocycles. The van der Waals surface area contributed by atoms with E-state index >= 15 is 0 Å². The Morgan fingerprint density at radius 3 is 2.77 bits per heavy atom. The summed E-state index contributed by atoms with van der Waals surface area (Å²) in [5.74, 6) is 2.23. The van der Waals surface area contributed by atoms with Crippen LogP contribution in [0.1, 0.15) is 38.1 Å². The highest BCUT2D eigenvalue weighted by Gasteiger charge is 2.26. The Labute approximate surface area is 182 Å². The van der Waals surface area contributed by atoms with Crippen molar-refractivity contribution >= 4 is 16.9 Å². The molecular formula is C24H29N3O4. The summed E-state index contributed by atoms with van der Waals surface area (Å²) in [4.78, 5) is 17.3. The normalized spacial score (nSPS) is 16.9. The van der Waals surface area contributed by atoms with Crippen molar-refractivity contribution in [1.82, 2.24) is 14.9 Å². The van der Waals surface area contributed by atoms with Crippen molar-refractivity contribution in [2.24, 2.45) is 0 Å². The van der Waals surface area contributed by atoms with Gasteiger partial charge in [-0.25, -0.2) is 4.98 Å². The monoisotopic (exact) mass is 423 g/mol. The summed E-state index contributed by atoms with van der Waals surface area (Å²) in [5.41, 5.74) is 1.97. The third-order valence-electron chi connectivity index (χ3n) is 5.50. The number of hydrogen-bond acceptors (Lipinski definition) is 5. The summed E-state index contributed by atoms with van der Waals surface area (Å²) in [7, 11) is 1.64. The van der Waals surface area contributed by atoms with Gasteiger partial charge in [0.15, 0.2) is 11.5 Å². The zero-order valence-corrected chi connectivity index (χ0v) is 18.0. The Bertz CT molecular complexity index is 1030. The highest BCUT2D eigenvalue weighted by molar-refractivity contribution is 5.81. The van der Waals surface area contributed by atoms with E-state index in [2.05, 4.69) is 16.0 Å². The van der Waals surface area contributed by atoms with Crippen LogP contribution in [-0.4, -0.2) is 41.9 Å². The van der Waals surface area contributed by atoms with Crippen LogP contribution in [0.4, 0.5) is 0 Å². The third-order valence-corrected chi connectivity index (χ3v) is 5.50. The van der Waals surface area contributed by atoms with Crippen molar-refractivity contribution < 1.29 is 19.0 Å². The van der Waals surface area contributed by atoms with Gasteiger partial charge in [-0.05, 0) is 50.5 Å². The summed E-state index contributed by atoms with van der Waals surface area (Å²) < 4.78 is 19.0. The number of ether oxygens (including phenoxy) is 3. The minimum atomic E-state index is -0.352. The molecule has 1 aliphatic heterocycles. The van der Waals surface area contributed by atoms with Gasteiger partial charge in [-0.1, -0.05) is 24.3 Å². The molecule has 1 aliphatic rings. The van der Waals surface area contributed by atoms with E-state index < -0.39 is 0 Å². The number of aromatic nitrogens is 2. The highest BCUT2D eigenvalue weighted by Crippen LogP contribution is 2.26. The molecule has 0 bridgehead atoms. The quantitative estimate of drug-likeness (QED) is 0.529. The van der Waals surface area contributed by atoms with Crippen LogP contribution in [0, 0.1) is 0 Å². The Morgan fingerprint density at radius 1 is 1.23 bits per heavy atom. The number of imidazole rings is 1. The van der Waals surface area contributed by atoms with Crippen molar-refractivity contribution in [3.8, 4) is 11.5 Å². The van der Waals surface area contributed by atoms with Gasteiger partial charge in [0, 0.05) is 13.2 Å². The number of fused-ring (bicyclic) bond motifs is 1. The number of nitrogens with one attached hydrogen (secondary N) is 1. The van der Waals surface area contributed by atoms with E-state index in [1.54, 1.807) is 7.11 Å². The summed E-state index contributed by atoms with van der Waals surface area (Å²) in [6, 6.07) is 15.4. The second kappa shape index (κ2) is 9.83. The maximum atomic E-state index is 12.5. The minimum absolute atomic E-state index is 0.0666. The zero-order valence-electron chi connectivity index (χ0n) is 18.0. The van der Waals surface area contributed by atoms with Gasteiger partial charge in [-0.15, -0.1) is 0 Å². The van der Waals surface area contributed by atoms with Gasteiger partial charge in [0.1, 0.15) is 11.9 Å². The van der Waals surface area contributed by atoms with Crippen LogP contribution < -0.4 is 14.8 Å². The molecular weight excluding hydrogens is 394 g/mol. The third kappa shape index (κ3) is 4.82. The lowest BCUT2D eigenvalue weighted by molar-refractivity contribution is -0.130. The number of methoxy groups -OCH3 is 1. The van der Waals surface area contributed by atoms with Gasteiger partial charge in [-0.2, -0.15) is 0 Å². The molecule has 7 nitrogen and oxygen atoms in total. The lowest BCUT2D eigenvalue weighted by Crippen LogP contribution is -2.36. The van der Waals surface area contributed by atoms with Gasteiger partial charge < -0.3 is 24.1 Å². The van der Waals surface area contributed by atoms with Crippen LogP contribution in [0.2, 0.25) is 0 Å². The molecule has 4 rings (SSSR count). The Morgan fingerprint density at radius 2 is 2.00 bits per heavy atom. The maximum absolute atomic E-state index is 12.5. The van der Waals surface area contributed by atoms with Gasteiger partial charge in [0.05, 0.1) is 30.8 Å². The first-order valence-electron chi connectivity index (χ1n) is 10.8. The number of carbonyl (C=O) groups excluding carboxylic acids is 1. The van der Waals surface area contributed by atoms with Crippen LogP contribution in [0.15, 0.2) is 48.5 Å². The van der Waals surface area contributed by atoms with Crippen molar-refractivity contribution in [3.05, 3.63) is 54.4 Å². The SMILES string of the molecule is COc1ccccc1OCCCn1c(C(C)NC(=O)C2CCCO2)nc2ccccc21. The number of rotatable bonds is 9. The Kier molecular flexibility index (Phi) is 6.72. The number of amides is 1. The molecule has 0 spiro atoms. The standard InChI is InChI=1S/C24H29N3O4/c1-17(25-24(28)22-13-7-15-31-22)23-26-18-9-3-4-10-19(18)27(23)14-8-16-30-21-12-6-5-11-20(21)29-2/h3-6,9-12,17,22H,7-8,13-16H2,1-2H3,(H,25,28). The highest BCUT2D eigenvalue weighted by atomic mass is 16.5. The molecule has 1 saturated heterocycles. The molecule has 0 saturated carbocycles. The topological polar surface area (TPSA) is 74.6 Å². The molecule has 0 radical (unpaired) electrons. The average molecular weight is 424 g/mol. The first-order valence-corrected chi connectivity index (χ1v) is 10.8. The van der Waals surface area contributed by atoms with Crippen molar-refractivity contribution in [2.75, 3.05) is 20.3 Å². The van der Waals surface area contributed by atoms with E-state index in [-0.39, 0.29) is 18.1 Å². The number of aryl methyl sites for hydroxylation is 1. The van der Waals surface area contributed by atoms with Crippen molar-refractivity contribution in [2.45, 2.75) is 44.9 Å². The second-order valence-electron chi connectivity index (χ2n) is 7.70. The van der Waals surface area contributed by atoms with E-state index in [1.807, 2.05) is 49.4 Å². The summed E-state index contributed by atoms with van der Waals surface area (Å²) in [6.07, 6.45) is 2.14. The lowest BCUT2D eigenvalue weighted by Gasteiger charge is -2.18. The van der Waals surface area contributed by atoms with Crippen LogP contribution in [0.25, 0.3) is 11.0 Å². The molecule has 3 aromatic rings. The van der Waals surface area contributed by atoms with Gasteiger partial charge in [-0.3, -0.25) is 4.79 Å². The Balaban J connectivity index is 1.45. The zero-order chi connectivity index (χ0) is 21.6. The first-order chi connectivity index (χ1) is 15.2. The number of carbonyl (C=O) groups is 1. The largest absolute Gasteiger partial charge is 0.493 e. The molecule has 2 atom stereocenters. The fourth-order valence-electron chi connectivity index (χ4n) is 3.96. The van der Waals surface area contributed by atoms with Gasteiger partial charge in [0.25, 0.3) is 0 Å². The lowest BCUT2D eigenvalue weighted by atomic mass is 10.2. The van der Waals surface area contributed by atoms with E-state index in [4.69, 9.17) is 19.2 Å². The fraction of sp³-hybridized carbons (Fsp3) is 0.417. The molecule has 1 N–H and O–H groups in total. The summed E-state index contributed by atoms with van der Waals surface area (Å²) in [6.45, 7) is 3.89. The average Bonchev–Trinajstić information content (AvgIpc) is 3.45. The van der Waals surface area contributed by atoms with Gasteiger partial charge >= 0.3 is 0 Å². The molecule has 1 fully saturated rings.